The quantitative estimate of drug-likeness (QED) is 0.647. The smallest absolute Gasteiger partial charge is 0.235 e. The molecule has 0 saturated heterocycles. The van der Waals surface area contributed by atoms with E-state index in [0.717, 1.165) is 0 Å². The summed E-state index contributed by atoms with van der Waals surface area (Å²) in [5.74, 6) is -0.922. The number of rotatable bonds is 4. The Hall–Kier alpha value is -1.42. The summed E-state index contributed by atoms with van der Waals surface area (Å²) in [4.78, 5) is 13.7. The summed E-state index contributed by atoms with van der Waals surface area (Å²) in [5, 5.41) is 11.3. The summed E-state index contributed by atoms with van der Waals surface area (Å²) in [6.45, 7) is 1.79. The third-order valence-corrected chi connectivity index (χ3v) is 5.24. The molecule has 0 spiro atoms. The van der Waals surface area contributed by atoms with E-state index in [0.29, 0.717) is 6.42 Å². The molecule has 0 radical (unpaired) electrons. The third-order valence-electron chi connectivity index (χ3n) is 3.82. The Morgan fingerprint density at radius 3 is 2.65 bits per heavy atom. The van der Waals surface area contributed by atoms with Crippen molar-refractivity contribution in [3.8, 4) is 6.07 Å². The molecule has 4 nitrogen and oxygen atoms in total. The number of hydrogen-bond acceptors (Lipinski definition) is 3. The molecule has 1 saturated carbocycles. The highest BCUT2D eigenvalue weighted by Gasteiger charge is 2.68. The van der Waals surface area contributed by atoms with Crippen LogP contribution in [0, 0.1) is 22.6 Å². The number of para-hydroxylation sites is 1. The van der Waals surface area contributed by atoms with Gasteiger partial charge in [0.1, 0.15) is 10.2 Å². The van der Waals surface area contributed by atoms with Gasteiger partial charge in [0.25, 0.3) is 0 Å². The molecular weight excluding hydrogens is 360 g/mol. The fourth-order valence-electron chi connectivity index (χ4n) is 2.11. The van der Waals surface area contributed by atoms with Gasteiger partial charge in [-0.3, -0.25) is 4.79 Å². The van der Waals surface area contributed by atoms with E-state index in [1.807, 2.05) is 6.07 Å². The van der Waals surface area contributed by atoms with Crippen molar-refractivity contribution in [1.82, 2.24) is 5.32 Å². The number of nitriles is 1. The van der Waals surface area contributed by atoms with Crippen LogP contribution in [0.1, 0.15) is 19.8 Å². The first-order chi connectivity index (χ1) is 10.7. The fraction of sp³-hybridized carbons (Fsp3) is 0.400. The predicted molar refractivity (Wildman–Crippen MR) is 91.9 cm³/mol. The van der Waals surface area contributed by atoms with Gasteiger partial charge >= 0.3 is 0 Å². The fourth-order valence-corrected chi connectivity index (χ4v) is 3.10. The number of anilines is 1. The summed E-state index contributed by atoms with van der Waals surface area (Å²) >= 11 is 17.2. The summed E-state index contributed by atoms with van der Waals surface area (Å²) < 4.78 is 12.9. The minimum atomic E-state index is -1.12. The van der Waals surface area contributed by atoms with Crippen molar-refractivity contribution in [3.63, 3.8) is 0 Å². The van der Waals surface area contributed by atoms with Crippen LogP contribution in [-0.4, -0.2) is 21.9 Å². The Bertz CT molecular complexity index is 692. The maximum absolute atomic E-state index is 14.0. The van der Waals surface area contributed by atoms with Crippen LogP contribution >= 0.6 is 35.4 Å². The zero-order valence-corrected chi connectivity index (χ0v) is 14.6. The number of amides is 1. The molecule has 1 amide bonds. The number of halogens is 3. The first kappa shape index (κ1) is 17.9. The van der Waals surface area contributed by atoms with Gasteiger partial charge in [-0.1, -0.05) is 12.1 Å². The molecule has 1 aromatic rings. The van der Waals surface area contributed by atoms with E-state index >= 15 is 0 Å². The van der Waals surface area contributed by atoms with Crippen molar-refractivity contribution in [2.75, 3.05) is 11.4 Å². The summed E-state index contributed by atoms with van der Waals surface area (Å²) in [7, 11) is 0. The van der Waals surface area contributed by atoms with E-state index in [-0.39, 0.29) is 23.8 Å². The normalized spacial score (nSPS) is 21.2. The third kappa shape index (κ3) is 3.57. The second-order valence-corrected chi connectivity index (χ2v) is 7.35. The molecule has 1 N–H and O–H groups in total. The van der Waals surface area contributed by atoms with E-state index in [4.69, 9.17) is 40.7 Å². The van der Waals surface area contributed by atoms with Crippen LogP contribution in [0.3, 0.4) is 0 Å². The van der Waals surface area contributed by atoms with Crippen molar-refractivity contribution in [1.29, 1.82) is 5.26 Å². The lowest BCUT2D eigenvalue weighted by molar-refractivity contribution is -0.124. The van der Waals surface area contributed by atoms with Gasteiger partial charge in [-0.25, -0.2) is 4.39 Å². The summed E-state index contributed by atoms with van der Waals surface area (Å²) in [5.41, 5.74) is -0.743. The predicted octanol–water partition coefficient (Wildman–Crippen LogP) is 3.53. The lowest BCUT2D eigenvalue weighted by atomic mass is 10.1. The molecule has 1 aromatic carbocycles. The molecule has 1 unspecified atom stereocenters. The highest BCUT2D eigenvalue weighted by Crippen LogP contribution is 2.63. The second kappa shape index (κ2) is 6.60. The van der Waals surface area contributed by atoms with Crippen molar-refractivity contribution >= 4 is 52.1 Å². The van der Waals surface area contributed by atoms with Crippen molar-refractivity contribution in [2.24, 2.45) is 5.41 Å². The van der Waals surface area contributed by atoms with E-state index in [1.165, 1.54) is 17.0 Å². The highest BCUT2D eigenvalue weighted by molar-refractivity contribution is 7.80. The van der Waals surface area contributed by atoms with Crippen LogP contribution in [-0.2, 0) is 4.79 Å². The standard InChI is InChI=1S/C15H14Cl2FN3OS/c1-14(9-15(14,16)17)12(22)20-13(23)21(8-4-7-19)11-6-3-2-5-10(11)18/h2-3,5-6H,4,8-9H2,1H3,(H,20,22,23). The number of alkyl halides is 2. The maximum atomic E-state index is 14.0. The van der Waals surface area contributed by atoms with Crippen LogP contribution in [0.15, 0.2) is 24.3 Å². The molecular formula is C15H14Cl2FN3OS. The van der Waals surface area contributed by atoms with Gasteiger partial charge in [-0.2, -0.15) is 5.26 Å². The number of nitrogens with one attached hydrogen (secondary N) is 1. The topological polar surface area (TPSA) is 56.1 Å². The van der Waals surface area contributed by atoms with Crippen LogP contribution in [0.4, 0.5) is 10.1 Å². The van der Waals surface area contributed by atoms with E-state index in [2.05, 4.69) is 5.32 Å². The number of nitrogens with zero attached hydrogens (tertiary/aromatic N) is 2. The van der Waals surface area contributed by atoms with Gasteiger partial charge in [-0.15, -0.1) is 23.2 Å². The molecule has 0 aliphatic heterocycles. The Kier molecular flexibility index (Phi) is 5.14. The van der Waals surface area contributed by atoms with Crippen molar-refractivity contribution < 1.29 is 9.18 Å². The lowest BCUT2D eigenvalue weighted by Crippen LogP contribution is -2.46. The number of hydrogen-bond donors (Lipinski definition) is 1. The van der Waals surface area contributed by atoms with Gasteiger partial charge in [0.05, 0.1) is 23.6 Å². The lowest BCUT2D eigenvalue weighted by Gasteiger charge is -2.26. The zero-order valence-electron chi connectivity index (χ0n) is 12.3. The number of carbonyl (C=O) groups is 1. The number of benzene rings is 1. The second-order valence-electron chi connectivity index (χ2n) is 5.48. The van der Waals surface area contributed by atoms with Crippen LogP contribution < -0.4 is 10.2 Å². The average Bonchev–Trinajstić information content (AvgIpc) is 3.01. The molecule has 8 heteroatoms. The van der Waals surface area contributed by atoms with Gasteiger partial charge in [0.2, 0.25) is 5.91 Å². The Morgan fingerprint density at radius 1 is 1.52 bits per heavy atom. The van der Waals surface area contributed by atoms with Gasteiger partial charge in [-0.05, 0) is 37.7 Å². The first-order valence-corrected chi connectivity index (χ1v) is 8.01. The molecule has 122 valence electrons. The summed E-state index contributed by atoms with van der Waals surface area (Å²) in [6.07, 6.45) is 0.437. The Balaban J connectivity index is 2.17. The minimum Gasteiger partial charge on any atom is -0.315 e. The monoisotopic (exact) mass is 373 g/mol. The van der Waals surface area contributed by atoms with Crippen LogP contribution in [0.5, 0.6) is 0 Å². The van der Waals surface area contributed by atoms with E-state index in [9.17, 15) is 9.18 Å². The first-order valence-electron chi connectivity index (χ1n) is 6.85. The molecule has 1 fully saturated rings. The van der Waals surface area contributed by atoms with Crippen LogP contribution in [0.25, 0.3) is 0 Å². The highest BCUT2D eigenvalue weighted by atomic mass is 35.5. The number of carbonyl (C=O) groups excluding carboxylic acids is 1. The van der Waals surface area contributed by atoms with E-state index in [1.54, 1.807) is 19.1 Å². The maximum Gasteiger partial charge on any atom is 0.235 e. The number of thiocarbonyl (C=S) groups is 1. The zero-order chi connectivity index (χ0) is 17.3. The molecule has 2 rings (SSSR count). The van der Waals surface area contributed by atoms with Gasteiger partial charge < -0.3 is 10.2 Å². The van der Waals surface area contributed by atoms with Crippen molar-refractivity contribution in [3.05, 3.63) is 30.1 Å². The van der Waals surface area contributed by atoms with Gasteiger partial charge in [0.15, 0.2) is 5.11 Å². The molecule has 0 bridgehead atoms. The summed E-state index contributed by atoms with van der Waals surface area (Å²) in [6, 6.07) is 7.97. The van der Waals surface area contributed by atoms with Gasteiger partial charge in [0, 0.05) is 6.54 Å². The molecule has 0 heterocycles. The minimum absolute atomic E-state index is 0.00704. The Morgan fingerprint density at radius 2 is 2.13 bits per heavy atom. The van der Waals surface area contributed by atoms with Crippen molar-refractivity contribution in [2.45, 2.75) is 24.1 Å². The molecule has 0 aromatic heterocycles. The van der Waals surface area contributed by atoms with E-state index < -0.39 is 21.5 Å². The Labute approximate surface area is 149 Å². The SMILES string of the molecule is CC1(C(=O)NC(=S)N(CCC#N)c2ccccc2F)CC1(Cl)Cl. The largest absolute Gasteiger partial charge is 0.315 e. The molecule has 1 aliphatic rings. The average molecular weight is 374 g/mol. The molecule has 1 atom stereocenters. The molecule has 23 heavy (non-hydrogen) atoms. The van der Waals surface area contributed by atoms with Crippen LogP contribution in [0.2, 0.25) is 0 Å². The molecule has 1 aliphatic carbocycles.